The molecular formula is C9H14N2O2. The Bertz CT molecular complexity index is 234. The third-order valence-electron chi connectivity index (χ3n) is 1.28. The van der Waals surface area contributed by atoms with E-state index in [1.807, 2.05) is 0 Å². The summed E-state index contributed by atoms with van der Waals surface area (Å²) in [5.74, 6) is -0.447. The molecule has 0 aliphatic rings. The summed E-state index contributed by atoms with van der Waals surface area (Å²) in [7, 11) is 0. The molecule has 0 fully saturated rings. The van der Waals surface area contributed by atoms with E-state index in [0.29, 0.717) is 18.7 Å². The fraction of sp³-hybridized carbons (Fsp3) is 0.333. The molecule has 2 N–H and O–H groups in total. The van der Waals surface area contributed by atoms with Gasteiger partial charge in [0.1, 0.15) is 0 Å². The van der Waals surface area contributed by atoms with E-state index in [9.17, 15) is 9.59 Å². The highest BCUT2D eigenvalue weighted by atomic mass is 16.2. The number of amides is 2. The van der Waals surface area contributed by atoms with E-state index >= 15 is 0 Å². The van der Waals surface area contributed by atoms with Crippen molar-refractivity contribution in [2.45, 2.75) is 6.92 Å². The zero-order valence-electron chi connectivity index (χ0n) is 7.72. The molecule has 0 spiro atoms. The van der Waals surface area contributed by atoms with Gasteiger partial charge in [-0.1, -0.05) is 13.2 Å². The van der Waals surface area contributed by atoms with Crippen molar-refractivity contribution in [1.82, 2.24) is 10.6 Å². The Morgan fingerprint density at radius 1 is 1.31 bits per heavy atom. The summed E-state index contributed by atoms with van der Waals surface area (Å²) in [4.78, 5) is 21.5. The summed E-state index contributed by atoms with van der Waals surface area (Å²) >= 11 is 0. The highest BCUT2D eigenvalue weighted by Crippen LogP contribution is 1.83. The van der Waals surface area contributed by atoms with E-state index in [2.05, 4.69) is 23.8 Å². The van der Waals surface area contributed by atoms with Gasteiger partial charge in [0.15, 0.2) is 0 Å². The molecule has 0 radical (unpaired) electrons. The van der Waals surface area contributed by atoms with E-state index < -0.39 is 0 Å². The van der Waals surface area contributed by atoms with Crippen LogP contribution in [0.25, 0.3) is 0 Å². The second-order valence-electron chi connectivity index (χ2n) is 2.53. The standard InChI is InChI=1S/C9H14N2O2/c1-4-8(12)10-5-6-11-9(13)7(2)3/h4H,1-2,5-6H2,3H3,(H,10,12)(H,11,13). The maximum absolute atomic E-state index is 10.9. The minimum atomic E-state index is -0.246. The monoisotopic (exact) mass is 182 g/mol. The lowest BCUT2D eigenvalue weighted by atomic mass is 10.3. The minimum absolute atomic E-state index is 0.201. The van der Waals surface area contributed by atoms with Crippen molar-refractivity contribution in [1.29, 1.82) is 0 Å². The first kappa shape index (κ1) is 11.4. The largest absolute Gasteiger partial charge is 0.351 e. The van der Waals surface area contributed by atoms with Crippen LogP contribution in [0, 0.1) is 0 Å². The summed E-state index contributed by atoms with van der Waals surface area (Å²) in [5.41, 5.74) is 0.454. The van der Waals surface area contributed by atoms with Gasteiger partial charge in [0.2, 0.25) is 11.8 Å². The Kier molecular flexibility index (Phi) is 5.27. The summed E-state index contributed by atoms with van der Waals surface area (Å²) in [5, 5.41) is 5.10. The van der Waals surface area contributed by atoms with E-state index in [-0.39, 0.29) is 11.8 Å². The molecule has 13 heavy (non-hydrogen) atoms. The van der Waals surface area contributed by atoms with Gasteiger partial charge >= 0.3 is 0 Å². The van der Waals surface area contributed by atoms with Crippen molar-refractivity contribution in [3.05, 3.63) is 24.8 Å². The van der Waals surface area contributed by atoms with Crippen molar-refractivity contribution >= 4 is 11.8 Å². The number of carbonyl (C=O) groups excluding carboxylic acids is 2. The van der Waals surface area contributed by atoms with E-state index in [1.54, 1.807) is 6.92 Å². The van der Waals surface area contributed by atoms with E-state index in [1.165, 1.54) is 6.08 Å². The summed E-state index contributed by atoms with van der Waals surface area (Å²) in [6.07, 6.45) is 1.18. The molecule has 0 aromatic rings. The topological polar surface area (TPSA) is 58.2 Å². The molecule has 0 rings (SSSR count). The molecule has 4 heteroatoms. The number of nitrogens with one attached hydrogen (secondary N) is 2. The third kappa shape index (κ3) is 5.66. The zero-order chi connectivity index (χ0) is 10.3. The Labute approximate surface area is 77.7 Å². The Morgan fingerprint density at radius 3 is 2.31 bits per heavy atom. The lowest BCUT2D eigenvalue weighted by Gasteiger charge is -2.04. The Hall–Kier alpha value is -1.58. The van der Waals surface area contributed by atoms with E-state index in [4.69, 9.17) is 0 Å². The van der Waals surface area contributed by atoms with Gasteiger partial charge in [0.05, 0.1) is 0 Å². The summed E-state index contributed by atoms with van der Waals surface area (Å²) in [6, 6.07) is 0. The van der Waals surface area contributed by atoms with Crippen LogP contribution in [0.15, 0.2) is 24.8 Å². The first-order valence-corrected chi connectivity index (χ1v) is 3.92. The van der Waals surface area contributed by atoms with Crippen LogP contribution < -0.4 is 10.6 Å². The molecule has 72 valence electrons. The zero-order valence-corrected chi connectivity index (χ0v) is 7.72. The lowest BCUT2D eigenvalue weighted by Crippen LogP contribution is -2.34. The fourth-order valence-corrected chi connectivity index (χ4v) is 0.585. The van der Waals surface area contributed by atoms with Crippen molar-refractivity contribution < 1.29 is 9.59 Å². The van der Waals surface area contributed by atoms with Gasteiger partial charge in [-0.2, -0.15) is 0 Å². The smallest absolute Gasteiger partial charge is 0.246 e. The van der Waals surface area contributed by atoms with Gasteiger partial charge in [0, 0.05) is 18.7 Å². The third-order valence-corrected chi connectivity index (χ3v) is 1.28. The average Bonchev–Trinajstić information content (AvgIpc) is 2.11. The fourth-order valence-electron chi connectivity index (χ4n) is 0.585. The van der Waals surface area contributed by atoms with Crippen LogP contribution in [0.1, 0.15) is 6.92 Å². The second kappa shape index (κ2) is 5.99. The highest BCUT2D eigenvalue weighted by Gasteiger charge is 1.99. The molecule has 0 aromatic carbocycles. The van der Waals surface area contributed by atoms with Crippen LogP contribution in [0.5, 0.6) is 0 Å². The molecule has 0 atom stereocenters. The predicted molar refractivity (Wildman–Crippen MR) is 51.0 cm³/mol. The van der Waals surface area contributed by atoms with Gasteiger partial charge in [-0.15, -0.1) is 0 Å². The molecule has 0 unspecified atom stereocenters. The normalized spacial score (nSPS) is 8.69. The molecule has 0 aromatic heterocycles. The first-order valence-electron chi connectivity index (χ1n) is 3.92. The van der Waals surface area contributed by atoms with Gasteiger partial charge in [0.25, 0.3) is 0 Å². The first-order chi connectivity index (χ1) is 6.07. The van der Waals surface area contributed by atoms with Gasteiger partial charge in [-0.25, -0.2) is 0 Å². The van der Waals surface area contributed by atoms with Gasteiger partial charge < -0.3 is 10.6 Å². The number of hydrogen-bond donors (Lipinski definition) is 2. The van der Waals surface area contributed by atoms with Crippen LogP contribution in [-0.2, 0) is 9.59 Å². The summed E-state index contributed by atoms with van der Waals surface area (Å²) in [6.45, 7) is 9.17. The second-order valence-corrected chi connectivity index (χ2v) is 2.53. The molecule has 0 heterocycles. The van der Waals surface area contributed by atoms with Crippen LogP contribution in [0.3, 0.4) is 0 Å². The minimum Gasteiger partial charge on any atom is -0.351 e. The number of carbonyl (C=O) groups is 2. The lowest BCUT2D eigenvalue weighted by molar-refractivity contribution is -0.118. The molecule has 4 nitrogen and oxygen atoms in total. The van der Waals surface area contributed by atoms with Crippen molar-refractivity contribution in [2.24, 2.45) is 0 Å². The quantitative estimate of drug-likeness (QED) is 0.464. The van der Waals surface area contributed by atoms with Crippen LogP contribution in [0.4, 0.5) is 0 Å². The van der Waals surface area contributed by atoms with Gasteiger partial charge in [-0.3, -0.25) is 9.59 Å². The van der Waals surface area contributed by atoms with Crippen LogP contribution in [-0.4, -0.2) is 24.9 Å². The molecular weight excluding hydrogens is 168 g/mol. The van der Waals surface area contributed by atoms with Crippen LogP contribution >= 0.6 is 0 Å². The van der Waals surface area contributed by atoms with Gasteiger partial charge in [-0.05, 0) is 13.0 Å². The average molecular weight is 182 g/mol. The molecule has 0 saturated heterocycles. The van der Waals surface area contributed by atoms with Crippen LogP contribution in [0.2, 0.25) is 0 Å². The number of hydrogen-bond acceptors (Lipinski definition) is 2. The predicted octanol–water partition coefficient (Wildman–Crippen LogP) is -0.0191. The number of rotatable bonds is 5. The maximum Gasteiger partial charge on any atom is 0.246 e. The summed E-state index contributed by atoms with van der Waals surface area (Å²) < 4.78 is 0. The molecule has 2 amide bonds. The highest BCUT2D eigenvalue weighted by molar-refractivity contribution is 5.92. The molecule has 0 aliphatic carbocycles. The SMILES string of the molecule is C=CC(=O)NCCNC(=O)C(=C)C. The Balaban J connectivity index is 3.46. The Morgan fingerprint density at radius 2 is 1.85 bits per heavy atom. The molecule has 0 saturated carbocycles. The van der Waals surface area contributed by atoms with Crippen molar-refractivity contribution in [3.63, 3.8) is 0 Å². The molecule has 0 bridgehead atoms. The van der Waals surface area contributed by atoms with E-state index in [0.717, 1.165) is 0 Å². The van der Waals surface area contributed by atoms with Crippen molar-refractivity contribution in [3.8, 4) is 0 Å². The molecule has 0 aliphatic heterocycles. The maximum atomic E-state index is 10.9. The van der Waals surface area contributed by atoms with Crippen molar-refractivity contribution in [2.75, 3.05) is 13.1 Å².